The Morgan fingerprint density at radius 1 is 1.53 bits per heavy atom. The van der Waals surface area contributed by atoms with E-state index in [4.69, 9.17) is 10.5 Å². The topological polar surface area (TPSA) is 52.3 Å². The van der Waals surface area contributed by atoms with Crippen LogP contribution in [0.25, 0.3) is 0 Å². The molecule has 0 saturated heterocycles. The summed E-state index contributed by atoms with van der Waals surface area (Å²) in [5, 5.41) is 0. The number of Topliss-reactive ketones (excluding diaryl/α,β-unsaturated/α-hetero) is 1. The number of carbonyl (C=O) groups is 1. The van der Waals surface area contributed by atoms with Gasteiger partial charge in [0, 0.05) is 5.69 Å². The Labute approximate surface area is 89.2 Å². The van der Waals surface area contributed by atoms with E-state index in [1.165, 1.54) is 19.8 Å². The van der Waals surface area contributed by atoms with Crippen LogP contribution in [0, 0.1) is 5.92 Å². The van der Waals surface area contributed by atoms with Crippen molar-refractivity contribution in [1.82, 2.24) is 0 Å². The summed E-state index contributed by atoms with van der Waals surface area (Å²) in [4.78, 5) is 11.3. The minimum atomic E-state index is -0.00639. The van der Waals surface area contributed by atoms with E-state index in [1.807, 2.05) is 0 Å². The van der Waals surface area contributed by atoms with Gasteiger partial charge >= 0.3 is 0 Å². The highest BCUT2D eigenvalue weighted by Gasteiger charge is 2.22. The lowest BCUT2D eigenvalue weighted by Gasteiger charge is -2.09. The summed E-state index contributed by atoms with van der Waals surface area (Å²) < 4.78 is 5.60. The van der Waals surface area contributed by atoms with Gasteiger partial charge in [-0.15, -0.1) is 0 Å². The molecular weight excluding hydrogens is 190 g/mol. The number of nitrogen functional groups attached to an aromatic ring is 1. The fourth-order valence-electron chi connectivity index (χ4n) is 1.44. The molecule has 3 nitrogen and oxygen atoms in total. The maximum atomic E-state index is 11.3. The van der Waals surface area contributed by atoms with Crippen molar-refractivity contribution in [2.24, 2.45) is 5.92 Å². The average Bonchev–Trinajstić information content (AvgIpc) is 2.99. The second-order valence-electron chi connectivity index (χ2n) is 4.07. The molecule has 0 aromatic heterocycles. The van der Waals surface area contributed by atoms with Gasteiger partial charge in [-0.2, -0.15) is 0 Å². The van der Waals surface area contributed by atoms with Crippen LogP contribution >= 0.6 is 0 Å². The van der Waals surface area contributed by atoms with Crippen molar-refractivity contribution in [3.8, 4) is 5.75 Å². The van der Waals surface area contributed by atoms with Gasteiger partial charge in [0.25, 0.3) is 0 Å². The van der Waals surface area contributed by atoms with Crippen LogP contribution in [0.2, 0.25) is 0 Å². The zero-order valence-corrected chi connectivity index (χ0v) is 8.82. The van der Waals surface area contributed by atoms with Crippen LogP contribution in [0.3, 0.4) is 0 Å². The van der Waals surface area contributed by atoms with E-state index < -0.39 is 0 Å². The van der Waals surface area contributed by atoms with Gasteiger partial charge < -0.3 is 10.5 Å². The van der Waals surface area contributed by atoms with Gasteiger partial charge in [-0.1, -0.05) is 0 Å². The maximum absolute atomic E-state index is 11.3. The van der Waals surface area contributed by atoms with E-state index in [2.05, 4.69) is 0 Å². The molecule has 15 heavy (non-hydrogen) atoms. The Morgan fingerprint density at radius 3 is 2.87 bits per heavy atom. The van der Waals surface area contributed by atoms with E-state index in [-0.39, 0.29) is 5.78 Å². The number of ether oxygens (including phenoxy) is 1. The average molecular weight is 205 g/mol. The number of hydrogen-bond acceptors (Lipinski definition) is 3. The van der Waals surface area contributed by atoms with Crippen LogP contribution in [0.5, 0.6) is 5.75 Å². The largest absolute Gasteiger partial charge is 0.493 e. The normalized spacial score (nSPS) is 15.0. The van der Waals surface area contributed by atoms with E-state index >= 15 is 0 Å². The van der Waals surface area contributed by atoms with E-state index in [0.717, 1.165) is 0 Å². The highest BCUT2D eigenvalue weighted by Crippen LogP contribution is 2.30. The van der Waals surface area contributed by atoms with Crippen LogP contribution in [-0.4, -0.2) is 12.4 Å². The first-order valence-corrected chi connectivity index (χ1v) is 5.20. The molecule has 1 aliphatic carbocycles. The molecule has 1 aromatic rings. The molecule has 1 fully saturated rings. The molecule has 0 heterocycles. The van der Waals surface area contributed by atoms with Crippen molar-refractivity contribution in [3.05, 3.63) is 23.8 Å². The summed E-state index contributed by atoms with van der Waals surface area (Å²) in [5.41, 5.74) is 6.80. The van der Waals surface area contributed by atoms with Crippen LogP contribution < -0.4 is 10.5 Å². The number of anilines is 1. The molecule has 0 aliphatic heterocycles. The zero-order valence-electron chi connectivity index (χ0n) is 8.82. The van der Waals surface area contributed by atoms with Gasteiger partial charge in [0.05, 0.1) is 12.2 Å². The number of rotatable bonds is 4. The Balaban J connectivity index is 2.15. The summed E-state index contributed by atoms with van der Waals surface area (Å²) in [5.74, 6) is 1.33. The van der Waals surface area contributed by atoms with Crippen molar-refractivity contribution in [2.45, 2.75) is 19.8 Å². The number of nitrogens with two attached hydrogens (primary N) is 1. The molecule has 1 saturated carbocycles. The summed E-state index contributed by atoms with van der Waals surface area (Å²) in [7, 11) is 0. The van der Waals surface area contributed by atoms with E-state index in [9.17, 15) is 4.79 Å². The smallest absolute Gasteiger partial charge is 0.163 e. The number of ketones is 1. The monoisotopic (exact) mass is 205 g/mol. The first kappa shape index (κ1) is 10.0. The fraction of sp³-hybridized carbons (Fsp3) is 0.417. The molecule has 0 radical (unpaired) electrons. The highest BCUT2D eigenvalue weighted by atomic mass is 16.5. The van der Waals surface area contributed by atoms with Crippen LogP contribution in [0.15, 0.2) is 18.2 Å². The summed E-state index contributed by atoms with van der Waals surface area (Å²) in [6.07, 6.45) is 2.48. The lowest BCUT2D eigenvalue weighted by atomic mass is 10.1. The van der Waals surface area contributed by atoms with E-state index in [0.29, 0.717) is 29.5 Å². The summed E-state index contributed by atoms with van der Waals surface area (Å²) in [6.45, 7) is 2.24. The molecule has 1 aromatic carbocycles. The third-order valence-corrected chi connectivity index (χ3v) is 2.55. The lowest BCUT2D eigenvalue weighted by Crippen LogP contribution is -2.04. The standard InChI is InChI=1S/C12H15NO2/c1-8(14)11-6-10(13)4-5-12(11)15-7-9-2-3-9/h4-6,9H,2-3,7,13H2,1H3. The molecule has 3 heteroatoms. The molecule has 0 unspecified atom stereocenters. The van der Waals surface area contributed by atoms with Gasteiger partial charge in [0.15, 0.2) is 5.78 Å². The maximum Gasteiger partial charge on any atom is 0.163 e. The second-order valence-corrected chi connectivity index (χ2v) is 4.07. The molecule has 2 rings (SSSR count). The Morgan fingerprint density at radius 2 is 2.27 bits per heavy atom. The Kier molecular flexibility index (Phi) is 2.62. The molecule has 2 N–H and O–H groups in total. The minimum absolute atomic E-state index is 0.00639. The zero-order chi connectivity index (χ0) is 10.8. The number of carbonyl (C=O) groups excluding carboxylic acids is 1. The first-order valence-electron chi connectivity index (χ1n) is 5.20. The molecule has 80 valence electrons. The van der Waals surface area contributed by atoms with Crippen molar-refractivity contribution in [2.75, 3.05) is 12.3 Å². The van der Waals surface area contributed by atoms with Crippen molar-refractivity contribution < 1.29 is 9.53 Å². The summed E-state index contributed by atoms with van der Waals surface area (Å²) >= 11 is 0. The van der Waals surface area contributed by atoms with Crippen molar-refractivity contribution >= 4 is 11.5 Å². The van der Waals surface area contributed by atoms with Crippen LogP contribution in [-0.2, 0) is 0 Å². The number of benzene rings is 1. The van der Waals surface area contributed by atoms with Gasteiger partial charge in [-0.25, -0.2) is 0 Å². The van der Waals surface area contributed by atoms with Gasteiger partial charge in [0.2, 0.25) is 0 Å². The van der Waals surface area contributed by atoms with Gasteiger partial charge in [-0.05, 0) is 43.9 Å². The predicted octanol–water partition coefficient (Wildman–Crippen LogP) is 2.26. The minimum Gasteiger partial charge on any atom is -0.493 e. The van der Waals surface area contributed by atoms with Crippen molar-refractivity contribution in [3.63, 3.8) is 0 Å². The molecule has 0 bridgehead atoms. The van der Waals surface area contributed by atoms with Crippen molar-refractivity contribution in [1.29, 1.82) is 0 Å². The lowest BCUT2D eigenvalue weighted by molar-refractivity contribution is 0.101. The summed E-state index contributed by atoms with van der Waals surface area (Å²) in [6, 6.07) is 5.20. The SMILES string of the molecule is CC(=O)c1cc(N)ccc1OCC1CC1. The quantitative estimate of drug-likeness (QED) is 0.606. The third kappa shape index (κ3) is 2.49. The fourth-order valence-corrected chi connectivity index (χ4v) is 1.44. The van der Waals surface area contributed by atoms with Gasteiger partial charge in [-0.3, -0.25) is 4.79 Å². The first-order chi connectivity index (χ1) is 7.16. The van der Waals surface area contributed by atoms with Crippen LogP contribution in [0.4, 0.5) is 5.69 Å². The Hall–Kier alpha value is -1.51. The molecular formula is C12H15NO2. The van der Waals surface area contributed by atoms with E-state index in [1.54, 1.807) is 18.2 Å². The Bertz CT molecular complexity index is 383. The molecule has 0 amide bonds. The predicted molar refractivity (Wildman–Crippen MR) is 59.1 cm³/mol. The third-order valence-electron chi connectivity index (χ3n) is 2.55. The molecule has 1 aliphatic rings. The second kappa shape index (κ2) is 3.93. The number of hydrogen-bond donors (Lipinski definition) is 1. The van der Waals surface area contributed by atoms with Crippen LogP contribution in [0.1, 0.15) is 30.1 Å². The molecule has 0 atom stereocenters. The molecule has 0 spiro atoms. The van der Waals surface area contributed by atoms with Gasteiger partial charge in [0.1, 0.15) is 5.75 Å². The highest BCUT2D eigenvalue weighted by molar-refractivity contribution is 5.97.